The van der Waals surface area contributed by atoms with Gasteiger partial charge >= 0.3 is 18.0 Å². The van der Waals surface area contributed by atoms with Crippen molar-refractivity contribution >= 4 is 18.0 Å². The van der Waals surface area contributed by atoms with Gasteiger partial charge in [-0.3, -0.25) is 4.79 Å². The number of carboxylic acids is 1. The van der Waals surface area contributed by atoms with Crippen molar-refractivity contribution in [3.8, 4) is 0 Å². The third kappa shape index (κ3) is 5.45. The molecule has 1 aromatic rings. The van der Waals surface area contributed by atoms with Crippen molar-refractivity contribution in [3.05, 3.63) is 35.4 Å². The average molecular weight is 376 g/mol. The summed E-state index contributed by atoms with van der Waals surface area (Å²) >= 11 is 0. The molecule has 1 N–H and O–H groups in total. The van der Waals surface area contributed by atoms with Crippen molar-refractivity contribution in [2.75, 3.05) is 19.7 Å². The van der Waals surface area contributed by atoms with Crippen molar-refractivity contribution in [3.63, 3.8) is 0 Å². The maximum atomic E-state index is 13.0. The highest BCUT2D eigenvalue weighted by Gasteiger charge is 2.36. The van der Waals surface area contributed by atoms with Crippen LogP contribution < -0.4 is 0 Å². The summed E-state index contributed by atoms with van der Waals surface area (Å²) < 4.78 is 5.12. The highest BCUT2D eigenvalue weighted by atomic mass is 16.5. The van der Waals surface area contributed by atoms with Gasteiger partial charge in [0, 0.05) is 26.1 Å². The van der Waals surface area contributed by atoms with Crippen molar-refractivity contribution in [1.29, 1.82) is 0 Å². The summed E-state index contributed by atoms with van der Waals surface area (Å²) in [6.07, 6.45) is 2.15. The van der Waals surface area contributed by atoms with Gasteiger partial charge in [-0.25, -0.2) is 9.59 Å². The first kappa shape index (κ1) is 20.7. The summed E-state index contributed by atoms with van der Waals surface area (Å²) in [5.41, 5.74) is 1.91. The Morgan fingerprint density at radius 1 is 1.22 bits per heavy atom. The second-order valence-electron chi connectivity index (χ2n) is 6.64. The third-order valence-corrected chi connectivity index (χ3v) is 4.78. The number of esters is 1. The number of fused-ring (bicyclic) bond motifs is 1. The van der Waals surface area contributed by atoms with E-state index in [0.717, 1.165) is 24.0 Å². The Kier molecular flexibility index (Phi) is 7.64. The molecule has 0 saturated carbocycles. The molecule has 27 heavy (non-hydrogen) atoms. The number of carbonyl (C=O) groups is 3. The number of benzene rings is 1. The molecule has 1 atom stereocenters. The molecule has 1 aromatic carbocycles. The lowest BCUT2D eigenvalue weighted by Gasteiger charge is -2.37. The van der Waals surface area contributed by atoms with Crippen LogP contribution >= 0.6 is 0 Å². The molecule has 7 heteroatoms. The van der Waals surface area contributed by atoms with Crippen LogP contribution in [0, 0.1) is 0 Å². The van der Waals surface area contributed by atoms with Gasteiger partial charge in [0.2, 0.25) is 0 Å². The molecular formula is C20H28N2O5. The summed E-state index contributed by atoms with van der Waals surface area (Å²) in [7, 11) is 0. The van der Waals surface area contributed by atoms with Gasteiger partial charge in [0.05, 0.1) is 13.0 Å². The molecule has 0 aromatic heterocycles. The van der Waals surface area contributed by atoms with Crippen molar-refractivity contribution in [1.82, 2.24) is 9.80 Å². The number of amides is 2. The lowest BCUT2D eigenvalue weighted by Crippen LogP contribution is -2.53. The highest BCUT2D eigenvalue weighted by molar-refractivity contribution is 5.84. The minimum atomic E-state index is -1.02. The molecule has 1 unspecified atom stereocenters. The first-order valence-electron chi connectivity index (χ1n) is 9.48. The minimum Gasteiger partial charge on any atom is -0.480 e. The zero-order chi connectivity index (χ0) is 19.8. The molecule has 0 aliphatic carbocycles. The van der Waals surface area contributed by atoms with Gasteiger partial charge in [-0.2, -0.15) is 0 Å². The fourth-order valence-electron chi connectivity index (χ4n) is 3.14. The SMILES string of the molecule is CCCCOC(=O)CCN(CC)C(=O)N1Cc2ccccc2CC1C(=O)O. The van der Waals surface area contributed by atoms with Crippen LogP contribution in [-0.2, 0) is 27.3 Å². The summed E-state index contributed by atoms with van der Waals surface area (Å²) in [4.78, 5) is 39.4. The van der Waals surface area contributed by atoms with Crippen LogP contribution in [0.5, 0.6) is 0 Å². The molecule has 0 bridgehead atoms. The Labute approximate surface area is 159 Å². The molecule has 0 saturated heterocycles. The molecule has 7 nitrogen and oxygen atoms in total. The third-order valence-electron chi connectivity index (χ3n) is 4.78. The van der Waals surface area contributed by atoms with Crippen molar-refractivity contribution < 1.29 is 24.2 Å². The van der Waals surface area contributed by atoms with Gasteiger partial charge in [-0.15, -0.1) is 0 Å². The number of urea groups is 1. The van der Waals surface area contributed by atoms with E-state index in [2.05, 4.69) is 0 Å². The van der Waals surface area contributed by atoms with Gasteiger partial charge in [0.1, 0.15) is 6.04 Å². The second kappa shape index (κ2) is 9.94. The lowest BCUT2D eigenvalue weighted by atomic mass is 9.94. The van der Waals surface area contributed by atoms with Gasteiger partial charge < -0.3 is 19.6 Å². The van der Waals surface area contributed by atoms with Crippen molar-refractivity contribution in [2.24, 2.45) is 0 Å². The van der Waals surface area contributed by atoms with E-state index in [4.69, 9.17) is 4.74 Å². The summed E-state index contributed by atoms with van der Waals surface area (Å²) in [5, 5.41) is 9.59. The average Bonchev–Trinajstić information content (AvgIpc) is 2.67. The van der Waals surface area contributed by atoms with Crippen LogP contribution in [0.4, 0.5) is 4.79 Å². The Bertz CT molecular complexity index is 676. The van der Waals surface area contributed by atoms with E-state index in [0.29, 0.717) is 13.2 Å². The molecule has 0 radical (unpaired) electrons. The maximum Gasteiger partial charge on any atom is 0.326 e. The topological polar surface area (TPSA) is 87.2 Å². The van der Waals surface area contributed by atoms with Crippen LogP contribution in [0.3, 0.4) is 0 Å². The molecule has 0 spiro atoms. The number of carbonyl (C=O) groups excluding carboxylic acids is 2. The predicted octanol–water partition coefficient (Wildman–Crippen LogP) is 2.67. The largest absolute Gasteiger partial charge is 0.480 e. The summed E-state index contributed by atoms with van der Waals surface area (Å²) in [6, 6.07) is 6.30. The zero-order valence-electron chi connectivity index (χ0n) is 16.0. The Morgan fingerprint density at radius 2 is 1.93 bits per heavy atom. The van der Waals surface area contributed by atoms with E-state index in [1.807, 2.05) is 38.1 Å². The number of nitrogens with zero attached hydrogens (tertiary/aromatic N) is 2. The van der Waals surface area contributed by atoms with Crippen LogP contribution in [0.25, 0.3) is 0 Å². The van der Waals surface area contributed by atoms with E-state index < -0.39 is 12.0 Å². The molecule has 1 heterocycles. The van der Waals surface area contributed by atoms with Gasteiger partial charge in [0.25, 0.3) is 0 Å². The molecule has 2 rings (SSSR count). The number of hydrogen-bond donors (Lipinski definition) is 1. The molecule has 1 aliphatic rings. The van der Waals surface area contributed by atoms with Gasteiger partial charge in [-0.05, 0) is 24.5 Å². The minimum absolute atomic E-state index is 0.103. The normalized spacial score (nSPS) is 15.8. The first-order valence-corrected chi connectivity index (χ1v) is 9.48. The fraction of sp³-hybridized carbons (Fsp3) is 0.550. The number of ether oxygens (including phenoxy) is 1. The number of unbranched alkanes of at least 4 members (excludes halogenated alkanes) is 1. The highest BCUT2D eigenvalue weighted by Crippen LogP contribution is 2.24. The number of rotatable bonds is 8. The lowest BCUT2D eigenvalue weighted by molar-refractivity contribution is -0.145. The van der Waals surface area contributed by atoms with Gasteiger partial charge in [0.15, 0.2) is 0 Å². The molecule has 0 fully saturated rings. The quantitative estimate of drug-likeness (QED) is 0.557. The van der Waals surface area contributed by atoms with Crippen LogP contribution in [0.1, 0.15) is 44.2 Å². The van der Waals surface area contributed by atoms with E-state index in [1.165, 1.54) is 9.80 Å². The van der Waals surface area contributed by atoms with E-state index in [-0.39, 0.29) is 37.9 Å². The molecule has 2 amide bonds. The predicted molar refractivity (Wildman–Crippen MR) is 100 cm³/mol. The number of aliphatic carboxylic acids is 1. The van der Waals surface area contributed by atoms with Crippen LogP contribution in [0.2, 0.25) is 0 Å². The number of hydrogen-bond acceptors (Lipinski definition) is 4. The monoisotopic (exact) mass is 376 g/mol. The smallest absolute Gasteiger partial charge is 0.326 e. The Hall–Kier alpha value is -2.57. The summed E-state index contributed by atoms with van der Waals surface area (Å²) in [6.45, 7) is 5.08. The number of carboxylic acid groups (broad SMARTS) is 1. The van der Waals surface area contributed by atoms with Crippen LogP contribution in [0.15, 0.2) is 24.3 Å². The van der Waals surface area contributed by atoms with Crippen molar-refractivity contribution in [2.45, 2.75) is 52.1 Å². The van der Waals surface area contributed by atoms with Crippen LogP contribution in [-0.4, -0.2) is 58.6 Å². The molecule has 1 aliphatic heterocycles. The zero-order valence-corrected chi connectivity index (χ0v) is 16.0. The first-order chi connectivity index (χ1) is 13.0. The van der Waals surface area contributed by atoms with Gasteiger partial charge in [-0.1, -0.05) is 37.6 Å². The summed E-state index contributed by atoms with van der Waals surface area (Å²) in [5.74, 6) is -1.36. The van der Waals surface area contributed by atoms with E-state index >= 15 is 0 Å². The molecular weight excluding hydrogens is 348 g/mol. The van der Waals surface area contributed by atoms with E-state index in [1.54, 1.807) is 0 Å². The van der Waals surface area contributed by atoms with E-state index in [9.17, 15) is 19.5 Å². The maximum absolute atomic E-state index is 13.0. The Morgan fingerprint density at radius 3 is 2.56 bits per heavy atom. The standard InChI is InChI=1S/C20H28N2O5/c1-3-5-12-27-18(23)10-11-21(4-2)20(26)22-14-16-9-7-6-8-15(16)13-17(22)19(24)25/h6-9,17H,3-5,10-14H2,1-2H3,(H,24,25). The second-order valence-corrected chi connectivity index (χ2v) is 6.64. The molecule has 148 valence electrons. The Balaban J connectivity index is 2.03. The fourth-order valence-corrected chi connectivity index (χ4v) is 3.14.